The normalized spacial score (nSPS) is 20.3. The molecule has 0 aromatic heterocycles. The Labute approximate surface area is 268 Å². The summed E-state index contributed by atoms with van der Waals surface area (Å²) in [6, 6.07) is 8.69. The number of allylic oxidation sites excluding steroid dienone is 4. The molecule has 3 aromatic carbocycles. The second-order valence-corrected chi connectivity index (χ2v) is 12.7. The summed E-state index contributed by atoms with van der Waals surface area (Å²) in [6.45, 7) is 3.69. The van der Waals surface area contributed by atoms with Crippen LogP contribution in [0.5, 0.6) is 5.75 Å². The fourth-order valence-corrected chi connectivity index (χ4v) is 7.16. The van der Waals surface area contributed by atoms with E-state index in [1.807, 2.05) is 19.1 Å². The number of halogens is 6. The number of ether oxygens (including phenoxy) is 1. The molecule has 2 aliphatic carbocycles. The molecule has 0 radical (unpaired) electrons. The van der Waals surface area contributed by atoms with Crippen LogP contribution in [-0.2, 0) is 6.42 Å². The van der Waals surface area contributed by atoms with Crippen LogP contribution < -0.4 is 4.74 Å². The molecule has 46 heavy (non-hydrogen) atoms. The molecule has 0 N–H and O–H groups in total. The van der Waals surface area contributed by atoms with Crippen LogP contribution in [-0.4, -0.2) is 6.61 Å². The Morgan fingerprint density at radius 2 is 1.35 bits per heavy atom. The Hall–Kier alpha value is -3.48. The molecule has 0 amide bonds. The van der Waals surface area contributed by atoms with Crippen LogP contribution in [0.3, 0.4) is 0 Å². The molecule has 1 unspecified atom stereocenters. The first kappa shape index (κ1) is 33.9. The van der Waals surface area contributed by atoms with Crippen molar-refractivity contribution in [3.05, 3.63) is 106 Å². The van der Waals surface area contributed by atoms with Crippen LogP contribution in [0.2, 0.25) is 0 Å². The van der Waals surface area contributed by atoms with Crippen LogP contribution in [0.1, 0.15) is 101 Å². The van der Waals surface area contributed by atoms with Gasteiger partial charge in [-0.05, 0) is 125 Å². The van der Waals surface area contributed by atoms with Crippen molar-refractivity contribution in [1.29, 1.82) is 0 Å². The van der Waals surface area contributed by atoms with Gasteiger partial charge in [-0.15, -0.1) is 0 Å². The van der Waals surface area contributed by atoms with Crippen LogP contribution in [0.25, 0.3) is 16.7 Å². The molecular formula is C39H42F6O. The maximum atomic E-state index is 15.3. The topological polar surface area (TPSA) is 9.23 Å². The second-order valence-electron chi connectivity index (χ2n) is 12.7. The molecule has 0 saturated heterocycles. The molecule has 2 aliphatic rings. The molecule has 5 rings (SSSR count). The summed E-state index contributed by atoms with van der Waals surface area (Å²) in [5.41, 5.74) is 1.28. The minimum Gasteiger partial charge on any atom is -0.491 e. The Bertz CT molecular complexity index is 1580. The Kier molecular flexibility index (Phi) is 11.3. The van der Waals surface area contributed by atoms with E-state index >= 15 is 8.78 Å². The van der Waals surface area contributed by atoms with Crippen molar-refractivity contribution in [1.82, 2.24) is 0 Å². The predicted molar refractivity (Wildman–Crippen MR) is 172 cm³/mol. The second kappa shape index (κ2) is 15.4. The number of hydrogen-bond acceptors (Lipinski definition) is 1. The monoisotopic (exact) mass is 640 g/mol. The first-order valence-electron chi connectivity index (χ1n) is 16.6. The van der Waals surface area contributed by atoms with E-state index in [2.05, 4.69) is 6.08 Å². The molecular weight excluding hydrogens is 598 g/mol. The van der Waals surface area contributed by atoms with Crippen molar-refractivity contribution >= 4 is 5.57 Å². The van der Waals surface area contributed by atoms with Crippen LogP contribution in [0, 0.1) is 46.7 Å². The first-order chi connectivity index (χ1) is 22.2. The zero-order chi connectivity index (χ0) is 32.8. The summed E-state index contributed by atoms with van der Waals surface area (Å²) in [5, 5.41) is 0. The number of aryl methyl sites for hydroxylation is 1. The highest BCUT2D eigenvalue weighted by Gasteiger charge is 2.29. The maximum absolute atomic E-state index is 15.3. The molecule has 0 aliphatic heterocycles. The molecule has 7 heteroatoms. The van der Waals surface area contributed by atoms with Gasteiger partial charge < -0.3 is 4.74 Å². The lowest BCUT2D eigenvalue weighted by Gasteiger charge is -2.31. The van der Waals surface area contributed by atoms with Crippen molar-refractivity contribution in [2.24, 2.45) is 11.8 Å². The van der Waals surface area contributed by atoms with E-state index in [-0.39, 0.29) is 35.0 Å². The van der Waals surface area contributed by atoms with E-state index < -0.39 is 34.9 Å². The Morgan fingerprint density at radius 3 is 2.02 bits per heavy atom. The third kappa shape index (κ3) is 7.39. The zero-order valence-electron chi connectivity index (χ0n) is 26.6. The van der Waals surface area contributed by atoms with Gasteiger partial charge in [-0.2, -0.15) is 4.39 Å². The van der Waals surface area contributed by atoms with E-state index in [0.29, 0.717) is 35.8 Å². The molecule has 0 bridgehead atoms. The third-order valence-electron chi connectivity index (χ3n) is 9.86. The predicted octanol–water partition coefficient (Wildman–Crippen LogP) is 12.0. The largest absolute Gasteiger partial charge is 0.491 e. The molecule has 246 valence electrons. The van der Waals surface area contributed by atoms with Crippen molar-refractivity contribution in [2.45, 2.75) is 90.4 Å². The summed E-state index contributed by atoms with van der Waals surface area (Å²) in [4.78, 5) is 0. The minimum absolute atomic E-state index is 0.133. The van der Waals surface area contributed by atoms with E-state index in [1.165, 1.54) is 24.3 Å². The summed E-state index contributed by atoms with van der Waals surface area (Å²) in [6.07, 6.45) is 14.9. The van der Waals surface area contributed by atoms with Crippen molar-refractivity contribution in [3.63, 3.8) is 0 Å². The molecule has 1 atom stereocenters. The van der Waals surface area contributed by atoms with Gasteiger partial charge in [-0.1, -0.05) is 48.9 Å². The van der Waals surface area contributed by atoms with Gasteiger partial charge in [0.05, 0.1) is 6.61 Å². The van der Waals surface area contributed by atoms with Gasteiger partial charge in [0, 0.05) is 16.7 Å². The Balaban J connectivity index is 1.13. The van der Waals surface area contributed by atoms with Crippen LogP contribution in [0.15, 0.2) is 54.6 Å². The van der Waals surface area contributed by atoms with Gasteiger partial charge in [-0.25, -0.2) is 22.0 Å². The van der Waals surface area contributed by atoms with E-state index in [4.69, 9.17) is 4.74 Å². The first-order valence-corrected chi connectivity index (χ1v) is 16.6. The van der Waals surface area contributed by atoms with Gasteiger partial charge in [0.15, 0.2) is 34.8 Å². The fourth-order valence-electron chi connectivity index (χ4n) is 7.16. The Morgan fingerprint density at radius 1 is 0.696 bits per heavy atom. The highest BCUT2D eigenvalue weighted by molar-refractivity contribution is 5.68. The summed E-state index contributed by atoms with van der Waals surface area (Å²) in [7, 11) is 0. The average Bonchev–Trinajstić information content (AvgIpc) is 3.07. The van der Waals surface area contributed by atoms with Crippen molar-refractivity contribution in [2.75, 3.05) is 6.61 Å². The molecule has 1 nitrogen and oxygen atoms in total. The lowest BCUT2D eigenvalue weighted by molar-refractivity contribution is 0.278. The maximum Gasteiger partial charge on any atom is 0.201 e. The quantitative estimate of drug-likeness (QED) is 0.150. The summed E-state index contributed by atoms with van der Waals surface area (Å²) < 4.78 is 94.2. The van der Waals surface area contributed by atoms with Crippen LogP contribution in [0.4, 0.5) is 26.3 Å². The standard InChI is InChI=1S/C39H42F6O/c1-3-5-6-7-28-18-19-29(35(41)34(28)40)26-14-10-24(11-15-26)8-9-25-12-16-27(17-13-25)30-20-21-31(37(43)36(30)42)32-22-23-33(46-4-2)39(45)38(32)44/h3,5,14,18-25,27H,4,6-13,15-17H2,1-2H3/b5-3+. The van der Waals surface area contributed by atoms with Crippen molar-refractivity contribution < 1.29 is 31.1 Å². The molecule has 0 spiro atoms. The summed E-state index contributed by atoms with van der Waals surface area (Å²) in [5.74, 6) is -5.58. The minimum atomic E-state index is -1.27. The van der Waals surface area contributed by atoms with Gasteiger partial charge in [0.2, 0.25) is 5.82 Å². The molecule has 3 aromatic rings. The average molecular weight is 641 g/mol. The van der Waals surface area contributed by atoms with E-state index in [1.54, 1.807) is 19.1 Å². The highest BCUT2D eigenvalue weighted by Crippen LogP contribution is 2.42. The smallest absolute Gasteiger partial charge is 0.201 e. The van der Waals surface area contributed by atoms with E-state index in [9.17, 15) is 17.6 Å². The van der Waals surface area contributed by atoms with Crippen molar-refractivity contribution in [3.8, 4) is 16.9 Å². The SMILES string of the molecule is C/C=C/CCc1ccc(C2=CCC(CCC3CCC(c4ccc(-c5ccc(OCC)c(F)c5F)c(F)c4F)CC3)CC2)c(F)c1F. The summed E-state index contributed by atoms with van der Waals surface area (Å²) >= 11 is 0. The fraction of sp³-hybridized carbons (Fsp3) is 0.436. The zero-order valence-corrected chi connectivity index (χ0v) is 26.6. The third-order valence-corrected chi connectivity index (χ3v) is 9.86. The van der Waals surface area contributed by atoms with Gasteiger partial charge in [-0.3, -0.25) is 0 Å². The van der Waals surface area contributed by atoms with Gasteiger partial charge in [0.25, 0.3) is 0 Å². The molecule has 1 saturated carbocycles. The van der Waals surface area contributed by atoms with Gasteiger partial charge in [0.1, 0.15) is 0 Å². The number of hydrogen-bond donors (Lipinski definition) is 0. The number of benzene rings is 3. The lowest BCUT2D eigenvalue weighted by atomic mass is 9.75. The van der Waals surface area contributed by atoms with Crippen LogP contribution >= 0.6 is 0 Å². The van der Waals surface area contributed by atoms with Gasteiger partial charge >= 0.3 is 0 Å². The number of rotatable bonds is 11. The molecule has 0 heterocycles. The lowest BCUT2D eigenvalue weighted by Crippen LogP contribution is -2.16. The molecule has 1 fully saturated rings. The van der Waals surface area contributed by atoms with E-state index in [0.717, 1.165) is 63.4 Å². The highest BCUT2D eigenvalue weighted by atomic mass is 19.2.